The van der Waals surface area contributed by atoms with Crippen molar-refractivity contribution in [2.75, 3.05) is 13.3 Å². The number of thiazole rings is 1. The largest absolute Gasteiger partial charge is 0.573 e. The lowest BCUT2D eigenvalue weighted by Crippen LogP contribution is -2.28. The number of nitrogens with one attached hydrogen (secondary N) is 1. The van der Waals surface area contributed by atoms with Crippen molar-refractivity contribution in [2.24, 2.45) is 4.99 Å². The third kappa shape index (κ3) is 6.56. The molecule has 1 aliphatic heterocycles. The van der Waals surface area contributed by atoms with E-state index in [0.717, 1.165) is 11.3 Å². The average molecular weight is 523 g/mol. The monoisotopic (exact) mass is 523 g/mol. The fraction of sp³-hybridized carbons (Fsp3) is 0.261. The van der Waals surface area contributed by atoms with Gasteiger partial charge in [0.15, 0.2) is 16.3 Å². The molecule has 0 unspecified atom stereocenters. The van der Waals surface area contributed by atoms with Gasteiger partial charge in [0.1, 0.15) is 12.2 Å². The second kappa shape index (κ2) is 10.7. The Balaban J connectivity index is 1.59. The van der Waals surface area contributed by atoms with E-state index in [2.05, 4.69) is 15.0 Å². The molecule has 13 heteroatoms. The summed E-state index contributed by atoms with van der Waals surface area (Å²) in [4.78, 5) is 27.4. The van der Waals surface area contributed by atoms with Gasteiger partial charge < -0.3 is 29.2 Å². The molecule has 0 fully saturated rings. The minimum atomic E-state index is -4.78. The van der Waals surface area contributed by atoms with Gasteiger partial charge in [0.2, 0.25) is 12.7 Å². The lowest BCUT2D eigenvalue weighted by atomic mass is 10.1. The van der Waals surface area contributed by atoms with Gasteiger partial charge in [0.05, 0.1) is 11.4 Å². The molecule has 1 amide bonds. The first-order valence-corrected chi connectivity index (χ1v) is 11.5. The fourth-order valence-electron chi connectivity index (χ4n) is 3.42. The number of carboxylic acid groups (broad SMARTS) is 1. The number of aliphatic carboxylic acids is 1. The van der Waals surface area contributed by atoms with Gasteiger partial charge in [0, 0.05) is 24.0 Å². The van der Waals surface area contributed by atoms with Crippen LogP contribution in [-0.4, -0.2) is 41.3 Å². The van der Waals surface area contributed by atoms with Gasteiger partial charge >= 0.3 is 12.3 Å². The number of nitrogens with zero attached hydrogens (tertiary/aromatic N) is 2. The number of rotatable bonds is 9. The van der Waals surface area contributed by atoms with Crippen LogP contribution in [0.4, 0.5) is 18.9 Å². The molecule has 0 saturated heterocycles. The van der Waals surface area contributed by atoms with Gasteiger partial charge in [-0.15, -0.1) is 24.5 Å². The molecule has 0 atom stereocenters. The van der Waals surface area contributed by atoms with Crippen LogP contribution in [0.2, 0.25) is 0 Å². The molecule has 190 valence electrons. The van der Waals surface area contributed by atoms with Crippen molar-refractivity contribution in [1.29, 1.82) is 0 Å². The molecule has 2 heterocycles. The molecule has 2 N–H and O–H groups in total. The minimum Gasteiger partial charge on any atom is -0.481 e. The van der Waals surface area contributed by atoms with E-state index in [9.17, 15) is 22.8 Å². The molecule has 1 aromatic heterocycles. The third-order valence-corrected chi connectivity index (χ3v) is 5.82. The molecule has 9 nitrogen and oxygen atoms in total. The van der Waals surface area contributed by atoms with Crippen LogP contribution in [-0.2, 0) is 16.1 Å². The summed E-state index contributed by atoms with van der Waals surface area (Å²) in [7, 11) is 0. The highest BCUT2D eigenvalue weighted by Crippen LogP contribution is 2.36. The Labute approximate surface area is 206 Å². The topological polar surface area (TPSA) is 111 Å². The molecule has 4 rings (SSSR count). The highest BCUT2D eigenvalue weighted by atomic mass is 32.1. The fourth-order valence-corrected chi connectivity index (χ4v) is 4.37. The highest BCUT2D eigenvalue weighted by molar-refractivity contribution is 7.07. The van der Waals surface area contributed by atoms with Gasteiger partial charge in [-0.3, -0.25) is 9.59 Å². The van der Waals surface area contributed by atoms with E-state index in [1.54, 1.807) is 6.07 Å². The van der Waals surface area contributed by atoms with Crippen molar-refractivity contribution in [2.45, 2.75) is 25.7 Å². The molecule has 1 aliphatic rings. The maximum absolute atomic E-state index is 12.4. The lowest BCUT2D eigenvalue weighted by Gasteiger charge is -2.11. The summed E-state index contributed by atoms with van der Waals surface area (Å²) in [5.74, 6) is -0.909. The van der Waals surface area contributed by atoms with E-state index < -0.39 is 24.7 Å². The zero-order valence-electron chi connectivity index (χ0n) is 18.6. The van der Waals surface area contributed by atoms with Crippen molar-refractivity contribution in [1.82, 2.24) is 9.88 Å². The molecular weight excluding hydrogens is 503 g/mol. The van der Waals surface area contributed by atoms with Gasteiger partial charge in [-0.25, -0.2) is 4.99 Å². The first-order valence-electron chi connectivity index (χ1n) is 10.7. The average Bonchev–Trinajstić information content (AvgIpc) is 3.43. The maximum Gasteiger partial charge on any atom is 0.573 e. The molecule has 36 heavy (non-hydrogen) atoms. The number of aromatic nitrogens is 1. The molecule has 2 aromatic carbocycles. The van der Waals surface area contributed by atoms with Crippen LogP contribution >= 0.6 is 11.3 Å². The molecule has 0 aliphatic carbocycles. The molecular formula is C23H20F3N3O6S. The number of fused-ring (bicyclic) bond motifs is 1. The number of amides is 1. The number of ether oxygens (including phenoxy) is 3. The summed E-state index contributed by atoms with van der Waals surface area (Å²) in [6, 6.07) is 10.7. The number of hydrogen-bond donors (Lipinski definition) is 2. The molecule has 0 spiro atoms. The Morgan fingerprint density at radius 3 is 2.61 bits per heavy atom. The van der Waals surface area contributed by atoms with E-state index in [1.165, 1.54) is 35.6 Å². The van der Waals surface area contributed by atoms with Crippen LogP contribution in [0.25, 0.3) is 11.3 Å². The van der Waals surface area contributed by atoms with Crippen LogP contribution in [0, 0.1) is 0 Å². The Morgan fingerprint density at radius 1 is 1.14 bits per heavy atom. The van der Waals surface area contributed by atoms with E-state index in [1.807, 2.05) is 22.1 Å². The molecule has 0 radical (unpaired) electrons. The normalized spacial score (nSPS) is 13.0. The van der Waals surface area contributed by atoms with Crippen molar-refractivity contribution in [3.8, 4) is 28.5 Å². The number of alkyl halides is 3. The predicted octanol–water partition coefficient (Wildman–Crippen LogP) is 4.06. The lowest BCUT2D eigenvalue weighted by molar-refractivity contribution is -0.274. The number of carbonyl (C=O) groups is 2. The summed E-state index contributed by atoms with van der Waals surface area (Å²) < 4.78 is 53.9. The van der Waals surface area contributed by atoms with Crippen LogP contribution < -0.4 is 24.3 Å². The van der Waals surface area contributed by atoms with E-state index in [4.69, 9.17) is 14.6 Å². The Bertz CT molecular complexity index is 1320. The number of carbonyl (C=O) groups excluding carboxylic acids is 1. The zero-order chi connectivity index (χ0) is 25.7. The maximum atomic E-state index is 12.4. The minimum absolute atomic E-state index is 0.132. The summed E-state index contributed by atoms with van der Waals surface area (Å²) >= 11 is 1.33. The van der Waals surface area contributed by atoms with Crippen molar-refractivity contribution < 1.29 is 42.1 Å². The predicted molar refractivity (Wildman–Crippen MR) is 122 cm³/mol. The van der Waals surface area contributed by atoms with Gasteiger partial charge in [-0.05, 0) is 48.9 Å². The van der Waals surface area contributed by atoms with Crippen LogP contribution in [0.1, 0.15) is 12.8 Å². The second-order valence-electron chi connectivity index (χ2n) is 7.55. The summed E-state index contributed by atoms with van der Waals surface area (Å²) in [6.07, 6.45) is -4.91. The highest BCUT2D eigenvalue weighted by Gasteiger charge is 2.31. The summed E-state index contributed by atoms with van der Waals surface area (Å²) in [5.41, 5.74) is 2.07. The quantitative estimate of drug-likeness (QED) is 0.323. The number of halogens is 3. The zero-order valence-corrected chi connectivity index (χ0v) is 19.4. The van der Waals surface area contributed by atoms with Crippen LogP contribution in [0.5, 0.6) is 17.2 Å². The van der Waals surface area contributed by atoms with E-state index >= 15 is 0 Å². The number of carboxylic acids is 1. The number of hydrogen-bond acceptors (Lipinski definition) is 7. The van der Waals surface area contributed by atoms with Crippen molar-refractivity contribution in [3.05, 3.63) is 52.6 Å². The van der Waals surface area contributed by atoms with E-state index in [-0.39, 0.29) is 19.1 Å². The Kier molecular flexibility index (Phi) is 7.48. The van der Waals surface area contributed by atoms with Gasteiger partial charge in [0.25, 0.3) is 0 Å². The summed E-state index contributed by atoms with van der Waals surface area (Å²) in [6.45, 7) is 0.806. The van der Waals surface area contributed by atoms with Gasteiger partial charge in [-0.1, -0.05) is 0 Å². The molecule has 3 aromatic rings. The Hall–Kier alpha value is -4.00. The van der Waals surface area contributed by atoms with Crippen LogP contribution in [0.3, 0.4) is 0 Å². The van der Waals surface area contributed by atoms with Crippen LogP contribution in [0.15, 0.2) is 52.8 Å². The summed E-state index contributed by atoms with van der Waals surface area (Å²) in [5, 5.41) is 13.2. The third-order valence-electron chi connectivity index (χ3n) is 4.95. The second-order valence-corrected chi connectivity index (χ2v) is 8.39. The molecule has 0 saturated carbocycles. The van der Waals surface area contributed by atoms with E-state index in [0.29, 0.717) is 35.0 Å². The molecule has 0 bridgehead atoms. The standard InChI is InChI=1S/C23H20F3N3O6S/c24-23(25,26)35-16-5-3-15(4-6-16)28-22-29(9-1-8-27-20(30)11-21(31)32)17(12-36-22)14-2-7-18-19(10-14)34-13-33-18/h2-7,10,12H,1,8-9,11,13H2,(H,27,30)(H,31,32)/b28-22-. The Morgan fingerprint density at radius 2 is 1.89 bits per heavy atom. The van der Waals surface area contributed by atoms with Gasteiger partial charge in [-0.2, -0.15) is 0 Å². The smallest absolute Gasteiger partial charge is 0.481 e. The SMILES string of the molecule is O=C(O)CC(=O)NCCCn1c(-c2ccc3c(c2)OCO3)cs/c1=N\c1ccc(OC(F)(F)F)cc1. The first-order chi connectivity index (χ1) is 17.2. The van der Waals surface area contributed by atoms with Crippen molar-refractivity contribution >= 4 is 28.9 Å². The first kappa shape index (κ1) is 25.1. The van der Waals surface area contributed by atoms with Crippen molar-refractivity contribution in [3.63, 3.8) is 0 Å². The number of benzene rings is 2.